The van der Waals surface area contributed by atoms with Crippen LogP contribution in [0.15, 0.2) is 42.7 Å². The van der Waals surface area contributed by atoms with Gasteiger partial charge in [0, 0.05) is 18.0 Å². The molecular formula is C13H11N3O. The molecule has 3 aromatic rings. The first kappa shape index (κ1) is 9.84. The number of nitrogens with zero attached hydrogens (tertiary/aromatic N) is 3. The Kier molecular flexibility index (Phi) is 2.08. The summed E-state index contributed by atoms with van der Waals surface area (Å²) in [6, 6.07) is 9.75. The summed E-state index contributed by atoms with van der Waals surface area (Å²) in [5.74, 6) is 0.508. The highest BCUT2D eigenvalue weighted by molar-refractivity contribution is 5.68. The Balaban J connectivity index is 2.29. The highest BCUT2D eigenvalue weighted by Gasteiger charge is 2.13. The summed E-state index contributed by atoms with van der Waals surface area (Å²) in [5, 5.41) is 9.89. The van der Waals surface area contributed by atoms with Crippen molar-refractivity contribution in [3.8, 4) is 17.1 Å². The number of imidazole rings is 1. The van der Waals surface area contributed by atoms with E-state index in [0.717, 1.165) is 5.56 Å². The fourth-order valence-electron chi connectivity index (χ4n) is 1.86. The summed E-state index contributed by atoms with van der Waals surface area (Å²) in [7, 11) is 0. The van der Waals surface area contributed by atoms with Crippen LogP contribution in [0.1, 0.15) is 5.56 Å². The first-order valence-electron chi connectivity index (χ1n) is 5.35. The van der Waals surface area contributed by atoms with E-state index < -0.39 is 0 Å². The number of hydrogen-bond donors (Lipinski definition) is 1. The number of fused-ring (bicyclic) bond motifs is 1. The standard InChI is InChI=1S/C13H11N3O/c1-9-3-5-10(6-4-9)11-12(17)15-13-14-7-2-8-16(11)13/h2-8,17H,1H3. The molecule has 0 spiro atoms. The van der Waals surface area contributed by atoms with Crippen molar-refractivity contribution in [1.82, 2.24) is 14.4 Å². The van der Waals surface area contributed by atoms with Crippen LogP contribution in [0.3, 0.4) is 0 Å². The van der Waals surface area contributed by atoms with Gasteiger partial charge in [-0.05, 0) is 13.0 Å². The highest BCUT2D eigenvalue weighted by atomic mass is 16.3. The Labute approximate surface area is 98.2 Å². The molecule has 0 unspecified atom stereocenters. The minimum Gasteiger partial charge on any atom is -0.492 e. The summed E-state index contributed by atoms with van der Waals surface area (Å²) in [6.45, 7) is 2.03. The lowest BCUT2D eigenvalue weighted by Crippen LogP contribution is -1.89. The van der Waals surface area contributed by atoms with Gasteiger partial charge in [0.25, 0.3) is 0 Å². The molecular weight excluding hydrogens is 214 g/mol. The molecule has 0 atom stereocenters. The lowest BCUT2D eigenvalue weighted by molar-refractivity contribution is 0.459. The zero-order valence-corrected chi connectivity index (χ0v) is 9.33. The van der Waals surface area contributed by atoms with Crippen LogP contribution in [-0.4, -0.2) is 19.5 Å². The third-order valence-corrected chi connectivity index (χ3v) is 2.71. The molecule has 0 amide bonds. The van der Waals surface area contributed by atoms with Crippen molar-refractivity contribution in [2.75, 3.05) is 0 Å². The van der Waals surface area contributed by atoms with Gasteiger partial charge in [0.15, 0.2) is 0 Å². The van der Waals surface area contributed by atoms with E-state index >= 15 is 0 Å². The van der Waals surface area contributed by atoms with Crippen LogP contribution in [0, 0.1) is 6.92 Å². The Morgan fingerprint density at radius 2 is 1.94 bits per heavy atom. The molecule has 17 heavy (non-hydrogen) atoms. The SMILES string of the molecule is Cc1ccc(-c2c(O)nc3ncccn23)cc1. The van der Waals surface area contributed by atoms with E-state index in [-0.39, 0.29) is 5.88 Å². The van der Waals surface area contributed by atoms with Crippen LogP contribution in [0.4, 0.5) is 0 Å². The quantitative estimate of drug-likeness (QED) is 0.691. The molecule has 3 rings (SSSR count). The van der Waals surface area contributed by atoms with Crippen molar-refractivity contribution < 1.29 is 5.11 Å². The maximum absolute atomic E-state index is 9.89. The van der Waals surface area contributed by atoms with E-state index in [4.69, 9.17) is 0 Å². The third-order valence-electron chi connectivity index (χ3n) is 2.71. The van der Waals surface area contributed by atoms with Gasteiger partial charge in [-0.25, -0.2) is 4.98 Å². The zero-order valence-electron chi connectivity index (χ0n) is 9.33. The van der Waals surface area contributed by atoms with Crippen molar-refractivity contribution in [1.29, 1.82) is 0 Å². The normalized spacial score (nSPS) is 10.9. The van der Waals surface area contributed by atoms with Crippen molar-refractivity contribution >= 4 is 5.78 Å². The summed E-state index contributed by atoms with van der Waals surface area (Å²) in [4.78, 5) is 8.12. The molecule has 0 bridgehead atoms. The van der Waals surface area contributed by atoms with Gasteiger partial charge in [-0.15, -0.1) is 0 Å². The van der Waals surface area contributed by atoms with Gasteiger partial charge in [0.05, 0.1) is 0 Å². The van der Waals surface area contributed by atoms with Gasteiger partial charge in [0.2, 0.25) is 11.7 Å². The number of hydrogen-bond acceptors (Lipinski definition) is 3. The van der Waals surface area contributed by atoms with E-state index in [1.807, 2.05) is 43.5 Å². The molecule has 1 aromatic carbocycles. The van der Waals surface area contributed by atoms with Crippen LogP contribution in [0.2, 0.25) is 0 Å². The lowest BCUT2D eigenvalue weighted by atomic mass is 10.1. The number of benzene rings is 1. The Bertz CT molecular complexity index is 671. The van der Waals surface area contributed by atoms with Crippen molar-refractivity contribution in [2.45, 2.75) is 6.92 Å². The molecule has 1 N–H and O–H groups in total. The number of aromatic hydroxyl groups is 1. The molecule has 0 fully saturated rings. The Morgan fingerprint density at radius 1 is 1.18 bits per heavy atom. The monoisotopic (exact) mass is 225 g/mol. The predicted molar refractivity (Wildman–Crippen MR) is 64.8 cm³/mol. The van der Waals surface area contributed by atoms with Crippen LogP contribution >= 0.6 is 0 Å². The molecule has 2 heterocycles. The average molecular weight is 225 g/mol. The molecule has 0 saturated carbocycles. The molecule has 0 aliphatic rings. The van der Waals surface area contributed by atoms with Crippen molar-refractivity contribution in [2.24, 2.45) is 0 Å². The molecule has 84 valence electrons. The first-order chi connectivity index (χ1) is 8.25. The van der Waals surface area contributed by atoms with E-state index in [1.54, 1.807) is 10.6 Å². The number of rotatable bonds is 1. The van der Waals surface area contributed by atoms with Gasteiger partial charge in [-0.3, -0.25) is 4.40 Å². The number of aromatic nitrogens is 3. The van der Waals surface area contributed by atoms with Gasteiger partial charge in [0.1, 0.15) is 5.69 Å². The van der Waals surface area contributed by atoms with Crippen LogP contribution in [0.25, 0.3) is 17.0 Å². The van der Waals surface area contributed by atoms with Crippen molar-refractivity contribution in [3.05, 3.63) is 48.3 Å². The van der Waals surface area contributed by atoms with Gasteiger partial charge in [-0.1, -0.05) is 29.8 Å². The second-order valence-electron chi connectivity index (χ2n) is 3.94. The van der Waals surface area contributed by atoms with Crippen LogP contribution < -0.4 is 0 Å². The van der Waals surface area contributed by atoms with Gasteiger partial charge >= 0.3 is 0 Å². The predicted octanol–water partition coefficient (Wildman–Crippen LogP) is 2.41. The molecule has 2 aromatic heterocycles. The molecule has 0 saturated heterocycles. The minimum atomic E-state index is 0.00699. The van der Waals surface area contributed by atoms with Crippen molar-refractivity contribution in [3.63, 3.8) is 0 Å². The fourth-order valence-corrected chi connectivity index (χ4v) is 1.86. The fraction of sp³-hybridized carbons (Fsp3) is 0.0769. The lowest BCUT2D eigenvalue weighted by Gasteiger charge is -2.02. The molecule has 0 aliphatic carbocycles. The summed E-state index contributed by atoms with van der Waals surface area (Å²) < 4.78 is 1.78. The molecule has 4 nitrogen and oxygen atoms in total. The topological polar surface area (TPSA) is 50.4 Å². The molecule has 0 radical (unpaired) electrons. The van der Waals surface area contributed by atoms with Crippen LogP contribution in [-0.2, 0) is 0 Å². The third kappa shape index (κ3) is 1.54. The average Bonchev–Trinajstić information content (AvgIpc) is 2.66. The van der Waals surface area contributed by atoms with Gasteiger partial charge < -0.3 is 5.11 Å². The van der Waals surface area contributed by atoms with E-state index in [0.29, 0.717) is 11.5 Å². The second-order valence-corrected chi connectivity index (χ2v) is 3.94. The zero-order chi connectivity index (χ0) is 11.8. The highest BCUT2D eigenvalue weighted by Crippen LogP contribution is 2.28. The Morgan fingerprint density at radius 3 is 2.71 bits per heavy atom. The van der Waals surface area contributed by atoms with E-state index in [1.165, 1.54) is 5.56 Å². The first-order valence-corrected chi connectivity index (χ1v) is 5.35. The van der Waals surface area contributed by atoms with E-state index in [2.05, 4.69) is 9.97 Å². The summed E-state index contributed by atoms with van der Waals surface area (Å²) in [6.07, 6.45) is 3.49. The molecule has 0 aliphatic heterocycles. The smallest absolute Gasteiger partial charge is 0.239 e. The van der Waals surface area contributed by atoms with E-state index in [9.17, 15) is 5.11 Å². The summed E-state index contributed by atoms with van der Waals surface area (Å²) >= 11 is 0. The number of aryl methyl sites for hydroxylation is 1. The minimum absolute atomic E-state index is 0.00699. The van der Waals surface area contributed by atoms with Gasteiger partial charge in [-0.2, -0.15) is 4.98 Å². The molecule has 4 heteroatoms. The Hall–Kier alpha value is -2.36. The van der Waals surface area contributed by atoms with Crippen LogP contribution in [0.5, 0.6) is 5.88 Å². The maximum atomic E-state index is 9.89. The maximum Gasteiger partial charge on any atom is 0.239 e. The second kappa shape index (κ2) is 3.59. The summed E-state index contributed by atoms with van der Waals surface area (Å²) in [5.41, 5.74) is 2.78. The largest absolute Gasteiger partial charge is 0.492 e.